The number of hydrogen-bond acceptors (Lipinski definition) is 7. The maximum atomic E-state index is 13.1. The standard InChI is InChI=1S/C20H20N4O2S2/c1-12(16-22-18(23-26-16)20(2,3)4)28-19-21-14-10-11-27-15(14)17(25)24(19)13-8-6-5-7-9-13/h5-12H,1-4H3. The van der Waals surface area contributed by atoms with Crippen LogP contribution in [0.15, 0.2) is 56.3 Å². The summed E-state index contributed by atoms with van der Waals surface area (Å²) in [6.45, 7) is 8.10. The van der Waals surface area contributed by atoms with Crippen LogP contribution in [0.25, 0.3) is 15.9 Å². The molecule has 6 nitrogen and oxygen atoms in total. The van der Waals surface area contributed by atoms with Crippen LogP contribution in [0.1, 0.15) is 44.7 Å². The van der Waals surface area contributed by atoms with E-state index in [9.17, 15) is 4.79 Å². The molecule has 4 aromatic rings. The lowest BCUT2D eigenvalue weighted by atomic mass is 9.96. The van der Waals surface area contributed by atoms with E-state index in [1.807, 2.05) is 69.5 Å². The van der Waals surface area contributed by atoms with Crippen LogP contribution in [0.3, 0.4) is 0 Å². The molecule has 0 spiro atoms. The van der Waals surface area contributed by atoms with Crippen LogP contribution in [0, 0.1) is 0 Å². The van der Waals surface area contributed by atoms with Crippen molar-refractivity contribution in [3.8, 4) is 5.69 Å². The van der Waals surface area contributed by atoms with Gasteiger partial charge in [-0.15, -0.1) is 11.3 Å². The van der Waals surface area contributed by atoms with E-state index >= 15 is 0 Å². The van der Waals surface area contributed by atoms with Gasteiger partial charge in [0.25, 0.3) is 5.56 Å². The first-order chi connectivity index (χ1) is 13.3. The minimum absolute atomic E-state index is 0.0678. The Morgan fingerprint density at radius 1 is 1.14 bits per heavy atom. The molecule has 0 aliphatic heterocycles. The number of hydrogen-bond donors (Lipinski definition) is 0. The molecule has 0 amide bonds. The van der Waals surface area contributed by atoms with Crippen LogP contribution >= 0.6 is 23.1 Å². The van der Waals surface area contributed by atoms with Crippen LogP contribution in [0.4, 0.5) is 0 Å². The molecule has 28 heavy (non-hydrogen) atoms. The zero-order valence-corrected chi connectivity index (χ0v) is 17.7. The Morgan fingerprint density at radius 3 is 2.57 bits per heavy atom. The molecule has 0 bridgehead atoms. The Balaban J connectivity index is 1.78. The second-order valence-corrected chi connectivity index (χ2v) is 9.70. The Labute approximate surface area is 170 Å². The predicted molar refractivity (Wildman–Crippen MR) is 112 cm³/mol. The number of nitrogens with zero attached hydrogens (tertiary/aromatic N) is 4. The van der Waals surface area contributed by atoms with Crippen molar-refractivity contribution in [3.63, 3.8) is 0 Å². The Kier molecular flexibility index (Phi) is 4.84. The van der Waals surface area contributed by atoms with Gasteiger partial charge in [0.2, 0.25) is 5.89 Å². The summed E-state index contributed by atoms with van der Waals surface area (Å²) in [5.74, 6) is 1.19. The SMILES string of the molecule is CC(Sc1nc2ccsc2c(=O)n1-c1ccccc1)c1nc(C(C)(C)C)no1. The molecule has 0 N–H and O–H groups in total. The van der Waals surface area contributed by atoms with Crippen molar-refractivity contribution in [1.82, 2.24) is 19.7 Å². The molecule has 3 aromatic heterocycles. The van der Waals surface area contributed by atoms with Crippen LogP contribution in [-0.2, 0) is 5.41 Å². The van der Waals surface area contributed by atoms with Crippen LogP contribution in [0.2, 0.25) is 0 Å². The molecule has 8 heteroatoms. The molecular formula is C20H20N4O2S2. The smallest absolute Gasteiger partial charge is 0.276 e. The van der Waals surface area contributed by atoms with E-state index < -0.39 is 0 Å². The van der Waals surface area contributed by atoms with Gasteiger partial charge in [-0.05, 0) is 30.5 Å². The largest absolute Gasteiger partial charge is 0.338 e. The average molecular weight is 413 g/mol. The normalized spacial score (nSPS) is 13.1. The van der Waals surface area contributed by atoms with Crippen LogP contribution < -0.4 is 5.56 Å². The van der Waals surface area contributed by atoms with E-state index in [2.05, 4.69) is 10.1 Å². The number of para-hydroxylation sites is 1. The third-order valence-electron chi connectivity index (χ3n) is 4.21. The van der Waals surface area contributed by atoms with Crippen molar-refractivity contribution < 1.29 is 4.52 Å². The van der Waals surface area contributed by atoms with Gasteiger partial charge in [-0.25, -0.2) is 4.98 Å². The quantitative estimate of drug-likeness (QED) is 0.348. The first-order valence-corrected chi connectivity index (χ1v) is 10.7. The van der Waals surface area contributed by atoms with E-state index in [0.29, 0.717) is 27.1 Å². The molecule has 3 heterocycles. The van der Waals surface area contributed by atoms with Crippen molar-refractivity contribution in [3.05, 3.63) is 63.8 Å². The predicted octanol–water partition coefficient (Wildman–Crippen LogP) is 4.98. The van der Waals surface area contributed by atoms with E-state index in [-0.39, 0.29) is 16.2 Å². The molecule has 0 radical (unpaired) electrons. The van der Waals surface area contributed by atoms with Gasteiger partial charge in [0.1, 0.15) is 4.70 Å². The molecule has 0 fully saturated rings. The highest BCUT2D eigenvalue weighted by Gasteiger charge is 2.25. The zero-order chi connectivity index (χ0) is 19.9. The molecule has 4 rings (SSSR count). The lowest BCUT2D eigenvalue weighted by Crippen LogP contribution is -2.21. The lowest BCUT2D eigenvalue weighted by Gasteiger charge is -2.14. The first kappa shape index (κ1) is 18.9. The molecule has 1 aromatic carbocycles. The topological polar surface area (TPSA) is 73.8 Å². The van der Waals surface area contributed by atoms with E-state index in [1.54, 1.807) is 4.57 Å². The molecule has 0 saturated heterocycles. The molecule has 1 unspecified atom stereocenters. The molecule has 144 valence electrons. The summed E-state index contributed by atoms with van der Waals surface area (Å²) in [4.78, 5) is 22.4. The highest BCUT2D eigenvalue weighted by Crippen LogP contribution is 2.35. The fourth-order valence-electron chi connectivity index (χ4n) is 2.69. The van der Waals surface area contributed by atoms with Crippen LogP contribution in [-0.4, -0.2) is 19.7 Å². The monoisotopic (exact) mass is 412 g/mol. The van der Waals surface area contributed by atoms with Crippen molar-refractivity contribution in [2.75, 3.05) is 0 Å². The molecule has 0 saturated carbocycles. The molecule has 1 atom stereocenters. The Hall–Kier alpha value is -2.45. The maximum absolute atomic E-state index is 13.1. The second kappa shape index (κ2) is 7.18. The maximum Gasteiger partial charge on any atom is 0.276 e. The number of aromatic nitrogens is 4. The van der Waals surface area contributed by atoms with Crippen molar-refractivity contribution in [1.29, 1.82) is 0 Å². The van der Waals surface area contributed by atoms with Crippen molar-refractivity contribution in [2.45, 2.75) is 43.5 Å². The molecule has 0 aliphatic carbocycles. The minimum atomic E-state index is -0.188. The average Bonchev–Trinajstić information content (AvgIpc) is 3.32. The summed E-state index contributed by atoms with van der Waals surface area (Å²) in [5.41, 5.74) is 1.23. The van der Waals surface area contributed by atoms with Gasteiger partial charge in [0.15, 0.2) is 11.0 Å². The number of benzene rings is 1. The van der Waals surface area contributed by atoms with Gasteiger partial charge < -0.3 is 4.52 Å². The summed E-state index contributed by atoms with van der Waals surface area (Å²) in [6, 6.07) is 11.4. The number of rotatable bonds is 4. The highest BCUT2D eigenvalue weighted by atomic mass is 32.2. The van der Waals surface area contributed by atoms with Gasteiger partial charge in [0.05, 0.1) is 16.5 Å². The number of thioether (sulfide) groups is 1. The number of fused-ring (bicyclic) bond motifs is 1. The van der Waals surface area contributed by atoms with E-state index in [0.717, 1.165) is 5.69 Å². The summed E-state index contributed by atoms with van der Waals surface area (Å²) >= 11 is 2.84. The van der Waals surface area contributed by atoms with Crippen molar-refractivity contribution in [2.24, 2.45) is 0 Å². The lowest BCUT2D eigenvalue weighted by molar-refractivity contribution is 0.364. The zero-order valence-electron chi connectivity index (χ0n) is 16.0. The van der Waals surface area contributed by atoms with Gasteiger partial charge in [-0.1, -0.05) is 55.9 Å². The molecule has 0 aliphatic rings. The fourth-order valence-corrected chi connectivity index (χ4v) is 4.41. The Morgan fingerprint density at radius 2 is 1.89 bits per heavy atom. The summed E-state index contributed by atoms with van der Waals surface area (Å²) in [7, 11) is 0. The third-order valence-corrected chi connectivity index (χ3v) is 6.14. The van der Waals surface area contributed by atoms with Crippen molar-refractivity contribution >= 4 is 33.3 Å². The summed E-state index contributed by atoms with van der Waals surface area (Å²) in [5, 5.41) is 6.44. The van der Waals surface area contributed by atoms with Gasteiger partial charge in [-0.2, -0.15) is 4.98 Å². The van der Waals surface area contributed by atoms with Crippen LogP contribution in [0.5, 0.6) is 0 Å². The van der Waals surface area contributed by atoms with E-state index in [1.165, 1.54) is 23.1 Å². The summed E-state index contributed by atoms with van der Waals surface area (Å²) in [6.07, 6.45) is 0. The number of thiophene rings is 1. The Bertz CT molecular complexity index is 1170. The summed E-state index contributed by atoms with van der Waals surface area (Å²) < 4.78 is 7.78. The fraction of sp³-hybridized carbons (Fsp3) is 0.300. The first-order valence-electron chi connectivity index (χ1n) is 8.91. The van der Waals surface area contributed by atoms with Gasteiger partial charge >= 0.3 is 0 Å². The molecular weight excluding hydrogens is 392 g/mol. The van der Waals surface area contributed by atoms with E-state index in [4.69, 9.17) is 9.51 Å². The second-order valence-electron chi connectivity index (χ2n) is 7.47. The minimum Gasteiger partial charge on any atom is -0.338 e. The van der Waals surface area contributed by atoms with Gasteiger partial charge in [0, 0.05) is 5.41 Å². The third kappa shape index (κ3) is 3.49. The highest BCUT2D eigenvalue weighted by molar-refractivity contribution is 7.99. The van der Waals surface area contributed by atoms with Gasteiger partial charge in [-0.3, -0.25) is 9.36 Å².